The molecular formula is C9H8ClNO3S. The van der Waals surface area contributed by atoms with E-state index in [9.17, 15) is 8.42 Å². The van der Waals surface area contributed by atoms with Gasteiger partial charge in [0.1, 0.15) is 6.61 Å². The Labute approximate surface area is 92.2 Å². The molecular weight excluding hydrogens is 238 g/mol. The second kappa shape index (κ2) is 3.61. The molecule has 1 aromatic carbocycles. The number of halogens is 1. The lowest BCUT2D eigenvalue weighted by atomic mass is 10.2. The maximum Gasteiger partial charge on any atom is 0.205 e. The van der Waals surface area contributed by atoms with Gasteiger partial charge >= 0.3 is 0 Å². The third-order valence-electron chi connectivity index (χ3n) is 2.15. The van der Waals surface area contributed by atoms with Crippen LogP contribution in [0.15, 0.2) is 28.0 Å². The van der Waals surface area contributed by atoms with Crippen molar-refractivity contribution in [3.8, 4) is 0 Å². The Morgan fingerprint density at radius 3 is 2.80 bits per heavy atom. The van der Waals surface area contributed by atoms with E-state index >= 15 is 0 Å². The van der Waals surface area contributed by atoms with Crippen LogP contribution in [0.1, 0.15) is 5.56 Å². The summed E-state index contributed by atoms with van der Waals surface area (Å²) in [4.78, 5) is 4.71. The minimum atomic E-state index is -3.46. The largest absolute Gasteiger partial charge is 0.299 e. The van der Waals surface area contributed by atoms with E-state index in [-0.39, 0.29) is 16.4 Å². The highest BCUT2D eigenvalue weighted by atomic mass is 35.5. The van der Waals surface area contributed by atoms with Crippen LogP contribution < -0.4 is 5.90 Å². The summed E-state index contributed by atoms with van der Waals surface area (Å²) < 4.78 is 23.7. The number of fused-ring (bicyclic) bond motifs is 1. The lowest BCUT2D eigenvalue weighted by Crippen LogP contribution is -2.09. The van der Waals surface area contributed by atoms with Crippen LogP contribution in [0.3, 0.4) is 0 Å². The lowest BCUT2D eigenvalue weighted by molar-refractivity contribution is 0.166. The van der Waals surface area contributed by atoms with Gasteiger partial charge in [0.05, 0.1) is 9.80 Å². The normalized spacial score (nSPS) is 17.3. The van der Waals surface area contributed by atoms with E-state index in [4.69, 9.17) is 17.5 Å². The van der Waals surface area contributed by atoms with Gasteiger partial charge in [-0.25, -0.2) is 14.3 Å². The Balaban J connectivity index is 2.58. The predicted molar refractivity (Wildman–Crippen MR) is 56.8 cm³/mol. The molecule has 15 heavy (non-hydrogen) atoms. The van der Waals surface area contributed by atoms with Crippen molar-refractivity contribution in [1.82, 2.24) is 0 Å². The molecule has 0 aromatic heterocycles. The van der Waals surface area contributed by atoms with Crippen molar-refractivity contribution in [2.45, 2.75) is 4.90 Å². The van der Waals surface area contributed by atoms with Crippen LogP contribution in [0.25, 0.3) is 6.08 Å². The molecule has 0 radical (unpaired) electrons. The summed E-state index contributed by atoms with van der Waals surface area (Å²) in [5, 5.41) is 0.389. The summed E-state index contributed by atoms with van der Waals surface area (Å²) in [6.07, 6.45) is 1.54. The molecule has 4 nitrogen and oxygen atoms in total. The molecule has 1 aliphatic heterocycles. The SMILES string of the molecule is NOCC1=Cc2ccc(Cl)cc2S1(=O)=O. The predicted octanol–water partition coefficient (Wildman–Crippen LogP) is 1.36. The molecule has 0 unspecified atom stereocenters. The topological polar surface area (TPSA) is 69.4 Å². The van der Waals surface area contributed by atoms with E-state index in [1.807, 2.05) is 0 Å². The molecule has 1 aromatic rings. The van der Waals surface area contributed by atoms with Gasteiger partial charge in [0, 0.05) is 5.02 Å². The van der Waals surface area contributed by atoms with Gasteiger partial charge in [-0.05, 0) is 23.8 Å². The Morgan fingerprint density at radius 2 is 2.13 bits per heavy atom. The van der Waals surface area contributed by atoms with Gasteiger partial charge in [-0.15, -0.1) is 0 Å². The van der Waals surface area contributed by atoms with Crippen LogP contribution in [-0.2, 0) is 14.7 Å². The van der Waals surface area contributed by atoms with E-state index in [2.05, 4.69) is 4.84 Å². The first-order chi connectivity index (χ1) is 7.05. The molecule has 0 saturated heterocycles. The Morgan fingerprint density at radius 1 is 1.40 bits per heavy atom. The molecule has 0 fully saturated rings. The van der Waals surface area contributed by atoms with Crippen LogP contribution in [0.2, 0.25) is 5.02 Å². The van der Waals surface area contributed by atoms with Gasteiger partial charge in [0.2, 0.25) is 9.84 Å². The Kier molecular flexibility index (Phi) is 2.56. The summed E-state index contributed by atoms with van der Waals surface area (Å²) in [5.41, 5.74) is 0.617. The zero-order valence-electron chi connectivity index (χ0n) is 7.60. The quantitative estimate of drug-likeness (QED) is 0.799. The molecule has 1 heterocycles. The smallest absolute Gasteiger partial charge is 0.205 e. The highest BCUT2D eigenvalue weighted by Gasteiger charge is 2.29. The summed E-state index contributed by atoms with van der Waals surface area (Å²) in [5.74, 6) is 4.86. The van der Waals surface area contributed by atoms with Crippen LogP contribution in [0.4, 0.5) is 0 Å². The molecule has 1 aliphatic rings. The van der Waals surface area contributed by atoms with Crippen LogP contribution in [0, 0.1) is 0 Å². The minimum Gasteiger partial charge on any atom is -0.299 e. The average Bonchev–Trinajstić information content (AvgIpc) is 2.41. The fraction of sp³-hybridized carbons (Fsp3) is 0.111. The van der Waals surface area contributed by atoms with Crippen molar-refractivity contribution < 1.29 is 13.3 Å². The van der Waals surface area contributed by atoms with Crippen molar-refractivity contribution in [2.75, 3.05) is 6.61 Å². The number of hydrogen-bond acceptors (Lipinski definition) is 4. The third-order valence-corrected chi connectivity index (χ3v) is 4.25. The Hall–Kier alpha value is -0.880. The molecule has 0 amide bonds. The monoisotopic (exact) mass is 245 g/mol. The summed E-state index contributed by atoms with van der Waals surface area (Å²) in [6, 6.07) is 4.71. The van der Waals surface area contributed by atoms with E-state index < -0.39 is 9.84 Å². The van der Waals surface area contributed by atoms with Crippen LogP contribution >= 0.6 is 11.6 Å². The molecule has 2 rings (SSSR count). The van der Waals surface area contributed by atoms with Gasteiger partial charge in [0.25, 0.3) is 0 Å². The minimum absolute atomic E-state index is 0.130. The molecule has 0 bridgehead atoms. The maximum absolute atomic E-state index is 11.9. The third kappa shape index (κ3) is 1.68. The van der Waals surface area contributed by atoms with Crippen molar-refractivity contribution in [2.24, 2.45) is 5.90 Å². The first-order valence-electron chi connectivity index (χ1n) is 4.12. The molecule has 0 atom stereocenters. The van der Waals surface area contributed by atoms with Gasteiger partial charge in [-0.3, -0.25) is 4.84 Å². The van der Waals surface area contributed by atoms with E-state index in [0.717, 1.165) is 0 Å². The number of benzene rings is 1. The van der Waals surface area contributed by atoms with E-state index in [1.165, 1.54) is 12.1 Å². The van der Waals surface area contributed by atoms with Gasteiger partial charge < -0.3 is 0 Å². The van der Waals surface area contributed by atoms with E-state index in [0.29, 0.717) is 10.6 Å². The fourth-order valence-corrected chi connectivity index (χ4v) is 3.20. The number of hydrogen-bond donors (Lipinski definition) is 1. The second-order valence-corrected chi connectivity index (χ2v) is 5.51. The zero-order valence-corrected chi connectivity index (χ0v) is 9.18. The lowest BCUT2D eigenvalue weighted by Gasteiger charge is -2.02. The highest BCUT2D eigenvalue weighted by Crippen LogP contribution is 2.34. The number of nitrogens with two attached hydrogens (primary N) is 1. The molecule has 80 valence electrons. The average molecular weight is 246 g/mol. The summed E-state index contributed by atoms with van der Waals surface area (Å²) in [7, 11) is -3.46. The molecule has 2 N–H and O–H groups in total. The van der Waals surface area contributed by atoms with Gasteiger partial charge in [0.15, 0.2) is 0 Å². The summed E-state index contributed by atoms with van der Waals surface area (Å²) >= 11 is 5.73. The zero-order chi connectivity index (χ0) is 11.1. The fourth-order valence-electron chi connectivity index (χ4n) is 1.45. The van der Waals surface area contributed by atoms with Crippen LogP contribution in [0.5, 0.6) is 0 Å². The molecule has 0 saturated carbocycles. The molecule has 0 aliphatic carbocycles. The summed E-state index contributed by atoms with van der Waals surface area (Å²) in [6.45, 7) is -0.130. The van der Waals surface area contributed by atoms with Crippen molar-refractivity contribution in [3.05, 3.63) is 33.7 Å². The van der Waals surface area contributed by atoms with Crippen molar-refractivity contribution >= 4 is 27.5 Å². The standard InChI is InChI=1S/C9H8ClNO3S/c10-7-2-1-6-3-8(5-14-11)15(12,13)9(6)4-7/h1-4H,5,11H2. The molecule has 0 spiro atoms. The van der Waals surface area contributed by atoms with Gasteiger partial charge in [-0.1, -0.05) is 17.7 Å². The van der Waals surface area contributed by atoms with E-state index in [1.54, 1.807) is 12.1 Å². The van der Waals surface area contributed by atoms with Crippen molar-refractivity contribution in [1.29, 1.82) is 0 Å². The highest BCUT2D eigenvalue weighted by molar-refractivity contribution is 7.95. The second-order valence-electron chi connectivity index (χ2n) is 3.11. The Bertz CT molecular complexity index is 536. The van der Waals surface area contributed by atoms with Crippen molar-refractivity contribution in [3.63, 3.8) is 0 Å². The number of sulfone groups is 1. The first-order valence-corrected chi connectivity index (χ1v) is 5.99. The maximum atomic E-state index is 11.9. The number of rotatable bonds is 2. The van der Waals surface area contributed by atoms with Gasteiger partial charge in [-0.2, -0.15) is 0 Å². The first kappa shape index (κ1) is 10.6. The molecule has 6 heteroatoms. The van der Waals surface area contributed by atoms with Crippen LogP contribution in [-0.4, -0.2) is 15.0 Å².